The molecule has 0 saturated heterocycles. The van der Waals surface area contributed by atoms with Crippen molar-refractivity contribution in [2.45, 2.75) is 23.9 Å². The molecule has 0 aromatic rings. The molecule has 1 unspecified atom stereocenters. The maximum atomic E-state index is 13.1. The van der Waals surface area contributed by atoms with Crippen LogP contribution < -0.4 is 0 Å². The second kappa shape index (κ2) is 3.22. The first kappa shape index (κ1) is 14.0. The van der Waals surface area contributed by atoms with Crippen LogP contribution in [-0.4, -0.2) is 31.1 Å². The van der Waals surface area contributed by atoms with Crippen molar-refractivity contribution in [2.75, 3.05) is 7.11 Å². The normalized spacial score (nSPS) is 29.1. The number of hydrogen-bond donors (Lipinski definition) is 0. The van der Waals surface area contributed by atoms with Gasteiger partial charge in [0.1, 0.15) is 5.57 Å². The number of halogens is 9. The number of allylic oxidation sites excluding steroid dienone is 2. The van der Waals surface area contributed by atoms with Gasteiger partial charge in [0.2, 0.25) is 0 Å². The van der Waals surface area contributed by atoms with Gasteiger partial charge in [0.05, 0.1) is 7.11 Å². The summed E-state index contributed by atoms with van der Waals surface area (Å²) < 4.78 is 114. The Kier molecular flexibility index (Phi) is 2.65. The van der Waals surface area contributed by atoms with E-state index >= 15 is 0 Å². The van der Waals surface area contributed by atoms with Crippen molar-refractivity contribution in [3.63, 3.8) is 0 Å². The summed E-state index contributed by atoms with van der Waals surface area (Å²) in [6.07, 6.45) is -12.3. The average Bonchev–Trinajstić information content (AvgIpc) is 2.08. The molecule has 0 radical (unpaired) electrons. The minimum Gasteiger partial charge on any atom is -0.494 e. The van der Waals surface area contributed by atoms with Gasteiger partial charge < -0.3 is 4.74 Å². The lowest BCUT2D eigenvalue weighted by Gasteiger charge is -2.45. The second-order valence-corrected chi connectivity index (χ2v) is 3.14. The van der Waals surface area contributed by atoms with Crippen molar-refractivity contribution >= 4 is 0 Å². The Hall–Kier alpha value is -1.09. The van der Waals surface area contributed by atoms with Crippen LogP contribution in [0.5, 0.6) is 0 Å². The highest BCUT2D eigenvalue weighted by Gasteiger charge is 2.87. The average molecular weight is 274 g/mol. The summed E-state index contributed by atoms with van der Waals surface area (Å²) in [7, 11) is 0.297. The van der Waals surface area contributed by atoms with E-state index < -0.39 is 35.3 Å². The molecule has 0 aromatic carbocycles. The molecule has 0 spiro atoms. The summed E-state index contributed by atoms with van der Waals surface area (Å²) in [5.41, 5.74) is -8.83. The molecular weight excluding hydrogens is 271 g/mol. The number of alkyl halides is 9. The minimum atomic E-state index is -6.40. The number of rotatable bonds is 1. The van der Waals surface area contributed by atoms with E-state index in [1.165, 1.54) is 0 Å². The highest BCUT2D eigenvalue weighted by Crippen LogP contribution is 2.65. The summed E-state index contributed by atoms with van der Waals surface area (Å²) in [6, 6.07) is 0. The maximum Gasteiger partial charge on any atom is 0.433 e. The molecule has 1 rings (SSSR count). The summed E-state index contributed by atoms with van der Waals surface area (Å²) >= 11 is 0. The molecule has 0 bridgehead atoms. The minimum absolute atomic E-state index is 0.297. The summed E-state index contributed by atoms with van der Waals surface area (Å²) in [5, 5.41) is 0. The number of hydrogen-bond acceptors (Lipinski definition) is 1. The van der Waals surface area contributed by atoms with Crippen LogP contribution in [0.4, 0.5) is 39.5 Å². The van der Waals surface area contributed by atoms with Gasteiger partial charge in [-0.1, -0.05) is 0 Å². The molecule has 0 heterocycles. The zero-order valence-electron chi connectivity index (χ0n) is 7.81. The Labute approximate surface area is 87.8 Å². The molecule has 1 atom stereocenters. The van der Waals surface area contributed by atoms with E-state index in [4.69, 9.17) is 0 Å². The summed E-state index contributed by atoms with van der Waals surface area (Å²) in [6.45, 7) is 0. The Morgan fingerprint density at radius 2 is 1.35 bits per heavy atom. The third kappa shape index (κ3) is 1.48. The first-order chi connectivity index (χ1) is 7.31. The van der Waals surface area contributed by atoms with E-state index in [-0.39, 0.29) is 0 Å². The molecule has 0 aromatic heterocycles. The molecule has 1 aliphatic rings. The van der Waals surface area contributed by atoms with Gasteiger partial charge >= 0.3 is 23.9 Å². The fourth-order valence-electron chi connectivity index (χ4n) is 1.44. The molecular formula is C7H3F9O. The summed E-state index contributed by atoms with van der Waals surface area (Å²) in [4.78, 5) is 0. The van der Waals surface area contributed by atoms with Crippen LogP contribution >= 0.6 is 0 Å². The van der Waals surface area contributed by atoms with E-state index in [1.54, 1.807) is 0 Å². The maximum absolute atomic E-state index is 13.1. The first-order valence-electron chi connectivity index (χ1n) is 3.81. The smallest absolute Gasteiger partial charge is 0.433 e. The fraction of sp³-hybridized carbons (Fsp3) is 0.714. The Morgan fingerprint density at radius 3 is 1.59 bits per heavy atom. The van der Waals surface area contributed by atoms with E-state index in [2.05, 4.69) is 4.74 Å². The third-order valence-corrected chi connectivity index (χ3v) is 2.17. The molecule has 10 heteroatoms. The van der Waals surface area contributed by atoms with E-state index in [9.17, 15) is 39.5 Å². The molecule has 0 saturated carbocycles. The zero-order valence-corrected chi connectivity index (χ0v) is 7.81. The number of ether oxygens (including phenoxy) is 1. The quantitative estimate of drug-likeness (QED) is 0.666. The molecule has 0 N–H and O–H groups in total. The van der Waals surface area contributed by atoms with Crippen molar-refractivity contribution in [2.24, 2.45) is 0 Å². The van der Waals surface area contributed by atoms with Gasteiger partial charge in [-0.25, -0.2) is 4.39 Å². The predicted octanol–water partition coefficient (Wildman–Crippen LogP) is 3.37. The van der Waals surface area contributed by atoms with Gasteiger partial charge in [0.25, 0.3) is 0 Å². The van der Waals surface area contributed by atoms with Gasteiger partial charge in [-0.3, -0.25) is 0 Å². The van der Waals surface area contributed by atoms with Crippen LogP contribution in [-0.2, 0) is 4.74 Å². The van der Waals surface area contributed by atoms with Gasteiger partial charge in [-0.2, -0.15) is 35.1 Å². The largest absolute Gasteiger partial charge is 0.494 e. The fourth-order valence-corrected chi connectivity index (χ4v) is 1.44. The lowest BCUT2D eigenvalue weighted by Crippen LogP contribution is -2.68. The first-order valence-corrected chi connectivity index (χ1v) is 3.81. The third-order valence-electron chi connectivity index (χ3n) is 2.17. The summed E-state index contributed by atoms with van der Waals surface area (Å²) in [5.74, 6) is -7.75. The van der Waals surface area contributed by atoms with Crippen LogP contribution in [0.25, 0.3) is 0 Å². The second-order valence-electron chi connectivity index (χ2n) is 3.14. The van der Waals surface area contributed by atoms with Crippen LogP contribution in [0, 0.1) is 0 Å². The van der Waals surface area contributed by atoms with Gasteiger partial charge in [0, 0.05) is 0 Å². The lowest BCUT2D eigenvalue weighted by molar-refractivity contribution is -0.321. The van der Waals surface area contributed by atoms with Crippen molar-refractivity contribution in [1.29, 1.82) is 0 Å². The van der Waals surface area contributed by atoms with Crippen molar-refractivity contribution in [1.82, 2.24) is 0 Å². The number of methoxy groups -OCH3 is 1. The highest BCUT2D eigenvalue weighted by molar-refractivity contribution is 5.48. The van der Waals surface area contributed by atoms with E-state index in [1.807, 2.05) is 0 Å². The van der Waals surface area contributed by atoms with Crippen LogP contribution in [0.15, 0.2) is 11.3 Å². The van der Waals surface area contributed by atoms with E-state index in [0.717, 1.165) is 0 Å². The van der Waals surface area contributed by atoms with Gasteiger partial charge in [0.15, 0.2) is 5.76 Å². The Balaban J connectivity index is 3.51. The van der Waals surface area contributed by atoms with Crippen LogP contribution in [0.1, 0.15) is 0 Å². The topological polar surface area (TPSA) is 9.23 Å². The van der Waals surface area contributed by atoms with Crippen LogP contribution in [0.2, 0.25) is 0 Å². The predicted molar refractivity (Wildman–Crippen MR) is 34.9 cm³/mol. The molecule has 1 nitrogen and oxygen atoms in total. The van der Waals surface area contributed by atoms with Crippen molar-refractivity contribution in [3.8, 4) is 0 Å². The van der Waals surface area contributed by atoms with Crippen molar-refractivity contribution in [3.05, 3.63) is 11.3 Å². The van der Waals surface area contributed by atoms with Gasteiger partial charge in [-0.15, -0.1) is 0 Å². The lowest BCUT2D eigenvalue weighted by atomic mass is 9.74. The van der Waals surface area contributed by atoms with E-state index in [0.29, 0.717) is 7.11 Å². The SMILES string of the molecule is COC1=C(C(F)(F)F)C(F)(C(F)(F)F)C1(F)F. The van der Waals surface area contributed by atoms with Crippen LogP contribution in [0.3, 0.4) is 0 Å². The molecule has 0 aliphatic heterocycles. The molecule has 100 valence electrons. The molecule has 1 aliphatic carbocycles. The highest BCUT2D eigenvalue weighted by atomic mass is 19.4. The standard InChI is InChI=1S/C7H3F9O/c1-17-3-2(6(11,12)13)4(8,5(3,9)10)7(14,15)16/h1H3. The molecule has 0 fully saturated rings. The monoisotopic (exact) mass is 274 g/mol. The Bertz CT molecular complexity index is 363. The molecule has 0 amide bonds. The van der Waals surface area contributed by atoms with Crippen molar-refractivity contribution < 1.29 is 44.3 Å². The molecule has 17 heavy (non-hydrogen) atoms. The Morgan fingerprint density at radius 1 is 0.941 bits per heavy atom. The zero-order chi connectivity index (χ0) is 13.9. The van der Waals surface area contributed by atoms with Gasteiger partial charge in [-0.05, 0) is 0 Å².